The van der Waals surface area contributed by atoms with Gasteiger partial charge in [0.2, 0.25) is 5.91 Å². The second-order valence-electron chi connectivity index (χ2n) is 9.58. The number of carboxylic acid groups (broad SMARTS) is 1. The molecule has 1 heterocycles. The molecule has 2 aromatic carbocycles. The molecule has 7 heteroatoms. The van der Waals surface area contributed by atoms with Gasteiger partial charge in [-0.3, -0.25) is 4.79 Å². The van der Waals surface area contributed by atoms with Crippen molar-refractivity contribution in [2.45, 2.75) is 56.5 Å². The number of nitrogens with zero attached hydrogens (tertiary/aromatic N) is 1. The molecule has 0 bridgehead atoms. The lowest BCUT2D eigenvalue weighted by Gasteiger charge is -2.35. The maximum Gasteiger partial charge on any atom is 0.407 e. The molecule has 1 aliphatic heterocycles. The van der Waals surface area contributed by atoms with Crippen molar-refractivity contribution in [1.82, 2.24) is 10.2 Å². The molecule has 0 aromatic heterocycles. The van der Waals surface area contributed by atoms with Crippen molar-refractivity contribution < 1.29 is 24.2 Å². The molecule has 0 radical (unpaired) electrons. The van der Waals surface area contributed by atoms with Crippen LogP contribution in [0.15, 0.2) is 48.5 Å². The number of carbonyl (C=O) groups is 3. The summed E-state index contributed by atoms with van der Waals surface area (Å²) in [7, 11) is 0. The number of rotatable bonds is 7. The number of aliphatic carboxylic acids is 1. The number of piperidine rings is 1. The van der Waals surface area contributed by atoms with E-state index in [1.165, 1.54) is 4.90 Å². The molecule has 2 fully saturated rings. The number of alkyl carbamates (subject to hydrolysis) is 1. The van der Waals surface area contributed by atoms with Gasteiger partial charge in [0, 0.05) is 12.5 Å². The van der Waals surface area contributed by atoms with E-state index >= 15 is 0 Å². The highest BCUT2D eigenvalue weighted by atomic mass is 16.5. The summed E-state index contributed by atoms with van der Waals surface area (Å²) in [5, 5.41) is 12.3. The molecule has 0 spiro atoms. The number of carboxylic acids is 1. The molecular formula is C27H30N2O5. The zero-order chi connectivity index (χ0) is 23.7. The van der Waals surface area contributed by atoms with E-state index in [0.29, 0.717) is 25.3 Å². The Bertz CT molecular complexity index is 1050. The SMILES string of the molecule is O=C(N[C@@H](CC1CC1)C(=O)N1CCCC[C@H]1C(=O)O)OCC1c2ccccc2-c2ccccc21. The van der Waals surface area contributed by atoms with Crippen molar-refractivity contribution in [1.29, 1.82) is 0 Å². The molecule has 2 amide bonds. The number of nitrogens with one attached hydrogen (secondary N) is 1. The molecule has 2 N–H and O–H groups in total. The fraction of sp³-hybridized carbons (Fsp3) is 0.444. The molecule has 2 aromatic rings. The van der Waals surface area contributed by atoms with E-state index in [4.69, 9.17) is 4.74 Å². The number of benzene rings is 2. The molecule has 1 saturated heterocycles. The van der Waals surface area contributed by atoms with Crippen LogP contribution in [0.25, 0.3) is 11.1 Å². The van der Waals surface area contributed by atoms with Crippen molar-refractivity contribution in [3.63, 3.8) is 0 Å². The second-order valence-corrected chi connectivity index (χ2v) is 9.58. The van der Waals surface area contributed by atoms with Crippen LogP contribution < -0.4 is 5.32 Å². The van der Waals surface area contributed by atoms with Crippen LogP contribution in [0.4, 0.5) is 4.79 Å². The van der Waals surface area contributed by atoms with Crippen LogP contribution in [0.1, 0.15) is 55.6 Å². The lowest BCUT2D eigenvalue weighted by molar-refractivity contribution is -0.153. The summed E-state index contributed by atoms with van der Waals surface area (Å²) in [5.74, 6) is -0.975. The highest BCUT2D eigenvalue weighted by Crippen LogP contribution is 2.44. The summed E-state index contributed by atoms with van der Waals surface area (Å²) < 4.78 is 5.65. The minimum absolute atomic E-state index is 0.0609. The Kier molecular flexibility index (Phi) is 6.26. The van der Waals surface area contributed by atoms with Crippen molar-refractivity contribution in [2.24, 2.45) is 5.92 Å². The summed E-state index contributed by atoms with van der Waals surface area (Å²) >= 11 is 0. The Hall–Kier alpha value is -3.35. The number of ether oxygens (including phenoxy) is 1. The lowest BCUT2D eigenvalue weighted by Crippen LogP contribution is -2.55. The van der Waals surface area contributed by atoms with E-state index < -0.39 is 24.1 Å². The van der Waals surface area contributed by atoms with Gasteiger partial charge < -0.3 is 20.1 Å². The zero-order valence-electron chi connectivity index (χ0n) is 19.1. The number of hydrogen-bond donors (Lipinski definition) is 2. The molecular weight excluding hydrogens is 432 g/mol. The summed E-state index contributed by atoms with van der Waals surface area (Å²) in [6.07, 6.45) is 3.94. The second kappa shape index (κ2) is 9.49. The van der Waals surface area contributed by atoms with Crippen LogP contribution in [0.2, 0.25) is 0 Å². The van der Waals surface area contributed by atoms with Crippen LogP contribution in [0.5, 0.6) is 0 Å². The van der Waals surface area contributed by atoms with Crippen LogP contribution in [-0.4, -0.2) is 53.2 Å². The summed E-state index contributed by atoms with van der Waals surface area (Å²) in [6, 6.07) is 14.7. The average Bonchev–Trinajstić information content (AvgIpc) is 3.62. The fourth-order valence-electron chi connectivity index (χ4n) is 5.34. The quantitative estimate of drug-likeness (QED) is 0.644. The standard InChI is InChI=1S/C27H30N2O5/c30-25(29-14-6-5-11-24(29)26(31)32)23(15-17-12-13-17)28-27(33)34-16-22-20-9-3-1-7-18(20)19-8-2-4-10-21(19)22/h1-4,7-10,17,22-24H,5-6,11-16H2,(H,28,33)(H,31,32)/t23-,24-/m0/s1. The highest BCUT2D eigenvalue weighted by Gasteiger charge is 2.39. The van der Waals surface area contributed by atoms with Crippen LogP contribution in [0.3, 0.4) is 0 Å². The van der Waals surface area contributed by atoms with Crippen molar-refractivity contribution in [2.75, 3.05) is 13.2 Å². The molecule has 7 nitrogen and oxygen atoms in total. The van der Waals surface area contributed by atoms with Gasteiger partial charge in [-0.1, -0.05) is 61.4 Å². The molecule has 178 valence electrons. The predicted octanol–water partition coefficient (Wildman–Crippen LogP) is 4.16. The first kappa shape index (κ1) is 22.4. The van der Waals surface area contributed by atoms with Gasteiger partial charge in [-0.25, -0.2) is 9.59 Å². The normalized spacial score (nSPS) is 20.2. The summed E-state index contributed by atoms with van der Waals surface area (Å²) in [6.45, 7) is 0.578. The van der Waals surface area contributed by atoms with E-state index in [9.17, 15) is 19.5 Å². The third kappa shape index (κ3) is 4.52. The Morgan fingerprint density at radius 2 is 1.62 bits per heavy atom. The summed E-state index contributed by atoms with van der Waals surface area (Å²) in [5.41, 5.74) is 4.55. The monoisotopic (exact) mass is 462 g/mol. The first-order chi connectivity index (χ1) is 16.5. The smallest absolute Gasteiger partial charge is 0.407 e. The van der Waals surface area contributed by atoms with Crippen molar-refractivity contribution in [3.05, 3.63) is 59.7 Å². The van der Waals surface area contributed by atoms with E-state index in [1.807, 2.05) is 24.3 Å². The number of likely N-dealkylation sites (tertiary alicyclic amines) is 1. The minimum Gasteiger partial charge on any atom is -0.480 e. The number of hydrogen-bond acceptors (Lipinski definition) is 4. The molecule has 5 rings (SSSR count). The number of fused-ring (bicyclic) bond motifs is 3. The largest absolute Gasteiger partial charge is 0.480 e. The summed E-state index contributed by atoms with van der Waals surface area (Å²) in [4.78, 5) is 39.2. The molecule has 0 unspecified atom stereocenters. The first-order valence-electron chi connectivity index (χ1n) is 12.2. The van der Waals surface area contributed by atoms with Gasteiger partial charge in [-0.05, 0) is 53.9 Å². The van der Waals surface area contributed by atoms with Gasteiger partial charge >= 0.3 is 12.1 Å². The van der Waals surface area contributed by atoms with Crippen molar-refractivity contribution >= 4 is 18.0 Å². The third-order valence-corrected chi connectivity index (χ3v) is 7.27. The Balaban J connectivity index is 1.27. The van der Waals surface area contributed by atoms with Gasteiger partial charge in [0.15, 0.2) is 0 Å². The van der Waals surface area contributed by atoms with Gasteiger partial charge in [0.05, 0.1) is 0 Å². The maximum atomic E-state index is 13.3. The zero-order valence-corrected chi connectivity index (χ0v) is 19.1. The Morgan fingerprint density at radius 1 is 0.971 bits per heavy atom. The first-order valence-corrected chi connectivity index (χ1v) is 12.2. The van der Waals surface area contributed by atoms with E-state index in [1.54, 1.807) is 0 Å². The fourth-order valence-corrected chi connectivity index (χ4v) is 5.34. The molecule has 1 saturated carbocycles. The van der Waals surface area contributed by atoms with Crippen LogP contribution in [-0.2, 0) is 14.3 Å². The molecule has 2 aliphatic carbocycles. The maximum absolute atomic E-state index is 13.3. The lowest BCUT2D eigenvalue weighted by atomic mass is 9.98. The minimum atomic E-state index is -0.987. The Morgan fingerprint density at radius 3 is 2.24 bits per heavy atom. The van der Waals surface area contributed by atoms with E-state index in [2.05, 4.69) is 29.6 Å². The van der Waals surface area contributed by atoms with Crippen LogP contribution >= 0.6 is 0 Å². The molecule has 34 heavy (non-hydrogen) atoms. The third-order valence-electron chi connectivity index (χ3n) is 7.27. The van der Waals surface area contributed by atoms with E-state index in [-0.39, 0.29) is 18.4 Å². The molecule has 3 aliphatic rings. The van der Waals surface area contributed by atoms with Crippen LogP contribution in [0, 0.1) is 5.92 Å². The molecule has 2 atom stereocenters. The van der Waals surface area contributed by atoms with Crippen molar-refractivity contribution in [3.8, 4) is 11.1 Å². The average molecular weight is 463 g/mol. The Labute approximate surface area is 199 Å². The number of amides is 2. The van der Waals surface area contributed by atoms with Gasteiger partial charge in [-0.2, -0.15) is 0 Å². The van der Waals surface area contributed by atoms with Gasteiger partial charge in [0.1, 0.15) is 18.7 Å². The highest BCUT2D eigenvalue weighted by molar-refractivity contribution is 5.89. The predicted molar refractivity (Wildman–Crippen MR) is 126 cm³/mol. The number of carbonyl (C=O) groups excluding carboxylic acids is 2. The van der Waals surface area contributed by atoms with Gasteiger partial charge in [0.25, 0.3) is 0 Å². The van der Waals surface area contributed by atoms with E-state index in [0.717, 1.165) is 47.9 Å². The topological polar surface area (TPSA) is 95.9 Å². The van der Waals surface area contributed by atoms with Gasteiger partial charge in [-0.15, -0.1) is 0 Å².